The topological polar surface area (TPSA) is 66.8 Å². The first-order valence-corrected chi connectivity index (χ1v) is 4.92. The Hall–Kier alpha value is -1.52. The smallest absolute Gasteiger partial charge is 0.328 e. The van der Waals surface area contributed by atoms with Gasteiger partial charge in [-0.15, -0.1) is 0 Å². The Morgan fingerprint density at radius 2 is 2.25 bits per heavy atom. The molecule has 0 bridgehead atoms. The lowest BCUT2D eigenvalue weighted by atomic mass is 10.2. The van der Waals surface area contributed by atoms with E-state index in [1.165, 1.54) is 13.0 Å². The molecule has 0 saturated heterocycles. The summed E-state index contributed by atoms with van der Waals surface area (Å²) in [5.74, 6) is -0.725. The van der Waals surface area contributed by atoms with Gasteiger partial charge in [0.15, 0.2) is 6.29 Å². The van der Waals surface area contributed by atoms with Gasteiger partial charge in [-0.2, -0.15) is 0 Å². The monoisotopic (exact) mass is 242 g/mol. The van der Waals surface area contributed by atoms with Crippen LogP contribution in [0.15, 0.2) is 24.3 Å². The van der Waals surface area contributed by atoms with E-state index in [1.54, 1.807) is 18.2 Å². The lowest BCUT2D eigenvalue weighted by Crippen LogP contribution is -2.09. The summed E-state index contributed by atoms with van der Waals surface area (Å²) >= 11 is 5.83. The minimum Gasteiger partial charge on any atom is -0.478 e. The van der Waals surface area contributed by atoms with Crippen molar-refractivity contribution in [3.8, 4) is 5.75 Å². The van der Waals surface area contributed by atoms with Crippen molar-refractivity contribution >= 4 is 23.6 Å². The number of aliphatic hydroxyl groups excluding tert-OH is 1. The number of carboxylic acid groups (broad SMARTS) is 1. The highest BCUT2D eigenvalue weighted by Crippen LogP contribution is 2.26. The van der Waals surface area contributed by atoms with Crippen LogP contribution in [0.4, 0.5) is 0 Å². The predicted molar refractivity (Wildman–Crippen MR) is 60.4 cm³/mol. The van der Waals surface area contributed by atoms with Crippen molar-refractivity contribution in [1.29, 1.82) is 0 Å². The van der Waals surface area contributed by atoms with Crippen LogP contribution < -0.4 is 4.74 Å². The summed E-state index contributed by atoms with van der Waals surface area (Å²) in [6.07, 6.45) is 1.44. The molecule has 4 nitrogen and oxygen atoms in total. The molecule has 0 radical (unpaired) electrons. The van der Waals surface area contributed by atoms with Crippen LogP contribution in [-0.2, 0) is 4.79 Å². The number of ether oxygens (including phenoxy) is 1. The van der Waals surface area contributed by atoms with Crippen LogP contribution in [0.3, 0.4) is 0 Å². The molecule has 16 heavy (non-hydrogen) atoms. The fourth-order valence-electron chi connectivity index (χ4n) is 1.07. The van der Waals surface area contributed by atoms with Crippen molar-refractivity contribution in [2.75, 3.05) is 0 Å². The second kappa shape index (κ2) is 5.53. The molecule has 1 atom stereocenters. The van der Waals surface area contributed by atoms with Crippen LogP contribution in [0.5, 0.6) is 5.75 Å². The molecule has 1 aromatic rings. The lowest BCUT2D eigenvalue weighted by Gasteiger charge is -2.10. The number of rotatable bonds is 4. The van der Waals surface area contributed by atoms with E-state index >= 15 is 0 Å². The Morgan fingerprint density at radius 1 is 1.56 bits per heavy atom. The van der Waals surface area contributed by atoms with E-state index in [0.717, 1.165) is 6.08 Å². The molecule has 5 heteroatoms. The molecule has 0 heterocycles. The molecular weight excluding hydrogens is 232 g/mol. The van der Waals surface area contributed by atoms with Gasteiger partial charge in [0.25, 0.3) is 0 Å². The van der Waals surface area contributed by atoms with E-state index in [1.807, 2.05) is 0 Å². The molecular formula is C11H11ClO4. The van der Waals surface area contributed by atoms with Gasteiger partial charge >= 0.3 is 5.97 Å². The zero-order valence-electron chi connectivity index (χ0n) is 8.55. The van der Waals surface area contributed by atoms with Crippen LogP contribution in [0.25, 0.3) is 6.08 Å². The van der Waals surface area contributed by atoms with Crippen LogP contribution in [0, 0.1) is 0 Å². The summed E-state index contributed by atoms with van der Waals surface area (Å²) in [4.78, 5) is 10.3. The van der Waals surface area contributed by atoms with Crippen molar-refractivity contribution in [1.82, 2.24) is 0 Å². The summed E-state index contributed by atoms with van der Waals surface area (Å²) in [6, 6.07) is 4.77. The molecule has 0 saturated carbocycles. The second-order valence-corrected chi connectivity index (χ2v) is 3.49. The minimum absolute atomic E-state index is 0.309. The molecule has 0 aliphatic rings. The average molecular weight is 243 g/mol. The van der Waals surface area contributed by atoms with Gasteiger partial charge in [0.05, 0.1) is 5.02 Å². The highest BCUT2D eigenvalue weighted by Gasteiger charge is 2.05. The fraction of sp³-hybridized carbons (Fsp3) is 0.182. The summed E-state index contributed by atoms with van der Waals surface area (Å²) in [5, 5.41) is 17.9. The SMILES string of the molecule is CC(O)Oc1cc(/C=C/C(=O)O)ccc1Cl. The van der Waals surface area contributed by atoms with Crippen LogP contribution >= 0.6 is 11.6 Å². The molecule has 0 aliphatic heterocycles. The number of hydrogen-bond acceptors (Lipinski definition) is 3. The first-order chi connectivity index (χ1) is 7.49. The molecule has 0 spiro atoms. The molecule has 0 aromatic heterocycles. The van der Waals surface area contributed by atoms with E-state index in [-0.39, 0.29) is 0 Å². The predicted octanol–water partition coefficient (Wildman–Crippen LogP) is 2.15. The van der Waals surface area contributed by atoms with Gasteiger partial charge in [0, 0.05) is 6.08 Å². The summed E-state index contributed by atoms with van der Waals surface area (Å²) in [5.41, 5.74) is 0.627. The minimum atomic E-state index is -1.03. The van der Waals surface area contributed by atoms with Gasteiger partial charge in [-0.05, 0) is 30.7 Å². The van der Waals surface area contributed by atoms with Gasteiger partial charge in [-0.25, -0.2) is 4.79 Å². The molecule has 1 unspecified atom stereocenters. The van der Waals surface area contributed by atoms with Crippen molar-refractivity contribution in [3.63, 3.8) is 0 Å². The van der Waals surface area contributed by atoms with E-state index < -0.39 is 12.3 Å². The summed E-state index contributed by atoms with van der Waals surface area (Å²) < 4.78 is 5.03. The summed E-state index contributed by atoms with van der Waals surface area (Å²) in [6.45, 7) is 1.45. The van der Waals surface area contributed by atoms with Gasteiger partial charge in [-0.3, -0.25) is 0 Å². The second-order valence-electron chi connectivity index (χ2n) is 3.08. The first-order valence-electron chi connectivity index (χ1n) is 4.54. The molecule has 0 fully saturated rings. The van der Waals surface area contributed by atoms with Crippen molar-refractivity contribution < 1.29 is 19.7 Å². The average Bonchev–Trinajstić information content (AvgIpc) is 2.18. The Morgan fingerprint density at radius 3 is 2.81 bits per heavy atom. The van der Waals surface area contributed by atoms with Crippen LogP contribution in [-0.4, -0.2) is 22.5 Å². The standard InChI is InChI=1S/C11H11ClO4/c1-7(13)16-10-6-8(2-4-9(10)12)3-5-11(14)15/h2-7,13H,1H3,(H,14,15)/b5-3+. The quantitative estimate of drug-likeness (QED) is 0.627. The van der Waals surface area contributed by atoms with Crippen molar-refractivity contribution in [3.05, 3.63) is 34.9 Å². The normalized spacial score (nSPS) is 12.7. The van der Waals surface area contributed by atoms with Crippen molar-refractivity contribution in [2.45, 2.75) is 13.2 Å². The summed E-state index contributed by atoms with van der Waals surface area (Å²) in [7, 11) is 0. The van der Waals surface area contributed by atoms with Crippen LogP contribution in [0.1, 0.15) is 12.5 Å². The number of aliphatic hydroxyl groups is 1. The maximum Gasteiger partial charge on any atom is 0.328 e. The Balaban J connectivity index is 2.93. The number of aliphatic carboxylic acids is 1. The highest BCUT2D eigenvalue weighted by molar-refractivity contribution is 6.32. The van der Waals surface area contributed by atoms with Gasteiger partial charge in [0.1, 0.15) is 5.75 Å². The van der Waals surface area contributed by atoms with Gasteiger partial charge in [-0.1, -0.05) is 17.7 Å². The Kier molecular flexibility index (Phi) is 4.34. The number of benzene rings is 1. The zero-order valence-corrected chi connectivity index (χ0v) is 9.31. The van der Waals surface area contributed by atoms with Crippen molar-refractivity contribution in [2.24, 2.45) is 0 Å². The van der Waals surface area contributed by atoms with Crippen LogP contribution in [0.2, 0.25) is 5.02 Å². The molecule has 1 rings (SSSR count). The lowest BCUT2D eigenvalue weighted by molar-refractivity contribution is -0.131. The Bertz CT molecular complexity index is 412. The highest BCUT2D eigenvalue weighted by atomic mass is 35.5. The number of halogens is 1. The number of carbonyl (C=O) groups is 1. The third-order valence-corrected chi connectivity index (χ3v) is 1.98. The van der Waals surface area contributed by atoms with E-state index in [2.05, 4.69) is 0 Å². The first kappa shape index (κ1) is 12.5. The van der Waals surface area contributed by atoms with E-state index in [0.29, 0.717) is 16.3 Å². The van der Waals surface area contributed by atoms with Gasteiger partial charge < -0.3 is 14.9 Å². The molecule has 0 aliphatic carbocycles. The zero-order chi connectivity index (χ0) is 12.1. The van der Waals surface area contributed by atoms with Gasteiger partial charge in [0.2, 0.25) is 0 Å². The fourth-order valence-corrected chi connectivity index (χ4v) is 1.23. The maximum atomic E-state index is 10.3. The molecule has 1 aromatic carbocycles. The Labute approximate surface area is 97.7 Å². The van der Waals surface area contributed by atoms with E-state index in [9.17, 15) is 4.79 Å². The molecule has 0 amide bonds. The number of hydrogen-bond donors (Lipinski definition) is 2. The molecule has 86 valence electrons. The maximum absolute atomic E-state index is 10.3. The largest absolute Gasteiger partial charge is 0.478 e. The third kappa shape index (κ3) is 3.92. The third-order valence-electron chi connectivity index (χ3n) is 1.67. The van der Waals surface area contributed by atoms with E-state index in [4.69, 9.17) is 26.6 Å². The molecule has 2 N–H and O–H groups in total. The number of carboxylic acids is 1.